The van der Waals surface area contributed by atoms with Crippen LogP contribution in [0.1, 0.15) is 11.1 Å². The van der Waals surface area contributed by atoms with Gasteiger partial charge in [0.1, 0.15) is 12.1 Å². The average molecular weight is 320 g/mol. The number of ether oxygens (including phenoxy) is 1. The molecular weight excluding hydrogens is 304 g/mol. The molecular formula is C17H16N6O. The molecule has 0 atom stereocenters. The van der Waals surface area contributed by atoms with Gasteiger partial charge in [0.25, 0.3) is 0 Å². The van der Waals surface area contributed by atoms with Crippen molar-refractivity contribution in [3.05, 3.63) is 41.9 Å². The molecule has 0 spiro atoms. The Bertz CT molecular complexity index is 1090. The van der Waals surface area contributed by atoms with Gasteiger partial charge in [-0.3, -0.25) is 0 Å². The summed E-state index contributed by atoms with van der Waals surface area (Å²) >= 11 is 0. The number of nitrogens with two attached hydrogens (primary N) is 1. The molecule has 4 aromatic rings. The lowest BCUT2D eigenvalue weighted by Crippen LogP contribution is -2.02. The van der Waals surface area contributed by atoms with Crippen LogP contribution in [0.3, 0.4) is 0 Å². The first kappa shape index (κ1) is 14.4. The Kier molecular flexibility index (Phi) is 3.09. The van der Waals surface area contributed by atoms with Crippen molar-refractivity contribution in [1.82, 2.24) is 24.6 Å². The third kappa shape index (κ3) is 1.98. The van der Waals surface area contributed by atoms with Crippen molar-refractivity contribution >= 4 is 22.6 Å². The summed E-state index contributed by atoms with van der Waals surface area (Å²) in [5.74, 6) is 1.04. The number of benzene rings is 1. The molecule has 0 amide bonds. The van der Waals surface area contributed by atoms with Crippen molar-refractivity contribution < 1.29 is 4.74 Å². The van der Waals surface area contributed by atoms with E-state index in [4.69, 9.17) is 10.5 Å². The standard InChI is InChI=1S/C17H16N6O/c1-9-4-5-13(24-3)10(2)14(9)12-6-11-7-19-17(18)22-15(11)23-16(12)20-8-21-23/h4-8H,1-3H3,(H2,18,19,22). The maximum Gasteiger partial charge on any atom is 0.222 e. The number of nitrogen functional groups attached to an aromatic ring is 1. The lowest BCUT2D eigenvalue weighted by atomic mass is 9.95. The van der Waals surface area contributed by atoms with E-state index in [1.54, 1.807) is 17.8 Å². The minimum Gasteiger partial charge on any atom is -0.496 e. The van der Waals surface area contributed by atoms with E-state index in [2.05, 4.69) is 27.0 Å². The van der Waals surface area contributed by atoms with Gasteiger partial charge in [0.05, 0.1) is 7.11 Å². The summed E-state index contributed by atoms with van der Waals surface area (Å²) < 4.78 is 7.17. The average Bonchev–Trinajstić information content (AvgIpc) is 3.05. The van der Waals surface area contributed by atoms with Crippen LogP contribution in [0.2, 0.25) is 0 Å². The number of rotatable bonds is 2. The van der Waals surface area contributed by atoms with Crippen LogP contribution < -0.4 is 10.5 Å². The fourth-order valence-electron chi connectivity index (χ4n) is 3.11. The number of anilines is 1. The first-order chi connectivity index (χ1) is 11.6. The molecule has 1 aromatic carbocycles. The normalized spacial score (nSPS) is 11.3. The molecule has 0 unspecified atom stereocenters. The van der Waals surface area contributed by atoms with Gasteiger partial charge in [0.2, 0.25) is 5.95 Å². The van der Waals surface area contributed by atoms with Gasteiger partial charge >= 0.3 is 0 Å². The fourth-order valence-corrected chi connectivity index (χ4v) is 3.11. The van der Waals surface area contributed by atoms with Crippen molar-refractivity contribution in [3.63, 3.8) is 0 Å². The molecule has 0 saturated carbocycles. The van der Waals surface area contributed by atoms with E-state index in [1.807, 2.05) is 25.1 Å². The Morgan fingerprint density at radius 3 is 2.75 bits per heavy atom. The Morgan fingerprint density at radius 1 is 1.12 bits per heavy atom. The highest BCUT2D eigenvalue weighted by atomic mass is 16.5. The Morgan fingerprint density at radius 2 is 1.96 bits per heavy atom. The third-order valence-corrected chi connectivity index (χ3v) is 4.22. The number of aryl methyl sites for hydroxylation is 1. The molecule has 0 aliphatic carbocycles. The van der Waals surface area contributed by atoms with Gasteiger partial charge < -0.3 is 10.5 Å². The molecule has 0 fully saturated rings. The molecule has 3 heterocycles. The molecule has 0 aliphatic heterocycles. The number of pyridine rings is 1. The summed E-state index contributed by atoms with van der Waals surface area (Å²) in [6.07, 6.45) is 3.22. The van der Waals surface area contributed by atoms with Gasteiger partial charge in [-0.15, -0.1) is 0 Å². The minimum atomic E-state index is 0.209. The summed E-state index contributed by atoms with van der Waals surface area (Å²) in [6, 6.07) is 6.03. The molecule has 0 bridgehead atoms. The van der Waals surface area contributed by atoms with Crippen LogP contribution in [0.5, 0.6) is 5.75 Å². The zero-order valence-corrected chi connectivity index (χ0v) is 13.6. The molecule has 24 heavy (non-hydrogen) atoms. The van der Waals surface area contributed by atoms with Crippen LogP contribution in [0.15, 0.2) is 30.7 Å². The molecule has 2 N–H and O–H groups in total. The van der Waals surface area contributed by atoms with Gasteiger partial charge in [0, 0.05) is 17.1 Å². The third-order valence-electron chi connectivity index (χ3n) is 4.22. The zero-order chi connectivity index (χ0) is 16.8. The first-order valence-electron chi connectivity index (χ1n) is 7.49. The van der Waals surface area contributed by atoms with Gasteiger partial charge in [0.15, 0.2) is 11.3 Å². The smallest absolute Gasteiger partial charge is 0.222 e. The highest BCUT2D eigenvalue weighted by Crippen LogP contribution is 2.36. The van der Waals surface area contributed by atoms with E-state index < -0.39 is 0 Å². The van der Waals surface area contributed by atoms with E-state index in [0.29, 0.717) is 5.65 Å². The molecule has 0 aliphatic rings. The summed E-state index contributed by atoms with van der Waals surface area (Å²) in [6.45, 7) is 4.11. The van der Waals surface area contributed by atoms with Crippen LogP contribution in [-0.2, 0) is 0 Å². The summed E-state index contributed by atoms with van der Waals surface area (Å²) in [5, 5.41) is 5.15. The second-order valence-corrected chi connectivity index (χ2v) is 5.65. The fraction of sp³-hybridized carbons (Fsp3) is 0.176. The lowest BCUT2D eigenvalue weighted by molar-refractivity contribution is 0.412. The number of methoxy groups -OCH3 is 1. The lowest BCUT2D eigenvalue weighted by Gasteiger charge is -2.15. The Labute approximate surface area is 138 Å². The van der Waals surface area contributed by atoms with E-state index >= 15 is 0 Å². The maximum absolute atomic E-state index is 5.72. The largest absolute Gasteiger partial charge is 0.496 e. The van der Waals surface area contributed by atoms with Crippen molar-refractivity contribution in [2.45, 2.75) is 13.8 Å². The van der Waals surface area contributed by atoms with E-state index in [9.17, 15) is 0 Å². The molecule has 4 rings (SSSR count). The summed E-state index contributed by atoms with van der Waals surface area (Å²) in [4.78, 5) is 12.8. The zero-order valence-electron chi connectivity index (χ0n) is 13.6. The monoisotopic (exact) mass is 320 g/mol. The van der Waals surface area contributed by atoms with Crippen LogP contribution in [0, 0.1) is 13.8 Å². The van der Waals surface area contributed by atoms with Crippen molar-refractivity contribution in [3.8, 4) is 16.9 Å². The van der Waals surface area contributed by atoms with Gasteiger partial charge in [-0.25, -0.2) is 9.97 Å². The maximum atomic E-state index is 5.72. The molecule has 7 heteroatoms. The van der Waals surface area contributed by atoms with Crippen LogP contribution in [-0.4, -0.2) is 31.7 Å². The van der Waals surface area contributed by atoms with Gasteiger partial charge in [-0.1, -0.05) is 6.07 Å². The number of nitrogens with zero attached hydrogens (tertiary/aromatic N) is 5. The second-order valence-electron chi connectivity index (χ2n) is 5.65. The predicted octanol–water partition coefficient (Wildman–Crippen LogP) is 2.55. The second kappa shape index (κ2) is 5.16. The summed E-state index contributed by atoms with van der Waals surface area (Å²) in [7, 11) is 1.67. The van der Waals surface area contributed by atoms with Gasteiger partial charge in [-0.2, -0.15) is 14.6 Å². The molecule has 0 radical (unpaired) electrons. The van der Waals surface area contributed by atoms with E-state index in [-0.39, 0.29) is 5.95 Å². The Balaban J connectivity index is 2.14. The molecule has 7 nitrogen and oxygen atoms in total. The topological polar surface area (TPSA) is 91.2 Å². The van der Waals surface area contributed by atoms with Crippen molar-refractivity contribution in [2.24, 2.45) is 0 Å². The Hall–Kier alpha value is -3.22. The number of hydrogen-bond acceptors (Lipinski definition) is 6. The van der Waals surface area contributed by atoms with E-state index in [0.717, 1.165) is 39.0 Å². The number of hydrogen-bond donors (Lipinski definition) is 1. The van der Waals surface area contributed by atoms with Crippen molar-refractivity contribution in [2.75, 3.05) is 12.8 Å². The quantitative estimate of drug-likeness (QED) is 0.610. The number of aromatic nitrogens is 5. The molecule has 0 saturated heterocycles. The van der Waals surface area contributed by atoms with Crippen LogP contribution >= 0.6 is 0 Å². The highest BCUT2D eigenvalue weighted by Gasteiger charge is 2.17. The van der Waals surface area contributed by atoms with Crippen LogP contribution in [0.25, 0.3) is 27.8 Å². The molecule has 120 valence electrons. The molecule has 3 aromatic heterocycles. The highest BCUT2D eigenvalue weighted by molar-refractivity contribution is 5.91. The van der Waals surface area contributed by atoms with Gasteiger partial charge in [-0.05, 0) is 42.7 Å². The number of fused-ring (bicyclic) bond motifs is 3. The first-order valence-corrected chi connectivity index (χ1v) is 7.49. The SMILES string of the molecule is COc1ccc(C)c(-c2cc3cnc(N)nc3n3ncnc23)c1C. The summed E-state index contributed by atoms with van der Waals surface area (Å²) in [5.41, 5.74) is 11.3. The minimum absolute atomic E-state index is 0.209. The predicted molar refractivity (Wildman–Crippen MR) is 92.0 cm³/mol. The van der Waals surface area contributed by atoms with Crippen molar-refractivity contribution in [1.29, 1.82) is 0 Å². The van der Waals surface area contributed by atoms with Crippen LogP contribution in [0.4, 0.5) is 5.95 Å². The van der Waals surface area contributed by atoms with E-state index in [1.165, 1.54) is 6.33 Å².